The van der Waals surface area contributed by atoms with Crippen molar-refractivity contribution in [2.75, 3.05) is 19.6 Å². The first-order chi connectivity index (χ1) is 9.26. The molecule has 102 valence electrons. The van der Waals surface area contributed by atoms with Gasteiger partial charge in [-0.1, -0.05) is 56.5 Å². The highest BCUT2D eigenvalue weighted by atomic mass is 15.2. The van der Waals surface area contributed by atoms with Crippen LogP contribution in [0.5, 0.6) is 0 Å². The molecule has 0 amide bonds. The molecule has 1 aliphatic rings. The largest absolute Gasteiger partial charge is 0.311 e. The van der Waals surface area contributed by atoms with Gasteiger partial charge in [0.25, 0.3) is 0 Å². The number of nitrogens with one attached hydrogen (secondary N) is 1. The minimum absolute atomic E-state index is 0.401. The van der Waals surface area contributed by atoms with Crippen molar-refractivity contribution in [3.63, 3.8) is 0 Å². The molecule has 2 rings (SSSR count). The highest BCUT2D eigenvalue weighted by molar-refractivity contribution is 5.21. The third-order valence-electron chi connectivity index (χ3n) is 4.25. The van der Waals surface area contributed by atoms with Crippen LogP contribution >= 0.6 is 0 Å². The number of terminal acetylenes is 1. The zero-order valence-corrected chi connectivity index (χ0v) is 12.0. The standard InChI is InChI=1S/C17H24N2/c1-4-11-19-13-16(14(3)5-2)18-12-17(19)15-9-7-6-8-10-15/h1,6-10,14,16-18H,5,11-13H2,2-3H3. The van der Waals surface area contributed by atoms with Crippen molar-refractivity contribution in [1.29, 1.82) is 0 Å². The van der Waals surface area contributed by atoms with E-state index in [-0.39, 0.29) is 0 Å². The summed E-state index contributed by atoms with van der Waals surface area (Å²) in [5.41, 5.74) is 1.35. The van der Waals surface area contributed by atoms with Gasteiger partial charge in [-0.25, -0.2) is 0 Å². The van der Waals surface area contributed by atoms with Gasteiger partial charge in [-0.15, -0.1) is 6.42 Å². The highest BCUT2D eigenvalue weighted by Gasteiger charge is 2.30. The average Bonchev–Trinajstić information content (AvgIpc) is 2.47. The predicted molar refractivity (Wildman–Crippen MR) is 80.8 cm³/mol. The average molecular weight is 256 g/mol. The summed E-state index contributed by atoms with van der Waals surface area (Å²) in [5, 5.41) is 3.70. The second-order valence-corrected chi connectivity index (χ2v) is 5.46. The first kappa shape index (κ1) is 14.1. The van der Waals surface area contributed by atoms with Crippen molar-refractivity contribution < 1.29 is 0 Å². The molecule has 0 aliphatic carbocycles. The van der Waals surface area contributed by atoms with Gasteiger partial charge in [0.1, 0.15) is 0 Å². The molecule has 0 bridgehead atoms. The van der Waals surface area contributed by atoms with Crippen molar-refractivity contribution in [3.05, 3.63) is 35.9 Å². The molecule has 0 saturated carbocycles. The van der Waals surface area contributed by atoms with Crippen LogP contribution in [0.2, 0.25) is 0 Å². The van der Waals surface area contributed by atoms with Gasteiger partial charge in [0.2, 0.25) is 0 Å². The Kier molecular flexibility index (Phi) is 5.01. The first-order valence-electron chi connectivity index (χ1n) is 7.22. The van der Waals surface area contributed by atoms with Crippen LogP contribution in [0, 0.1) is 18.3 Å². The molecule has 1 aliphatic heterocycles. The molecule has 1 N–H and O–H groups in total. The smallest absolute Gasteiger partial charge is 0.0605 e. The Labute approximate surface area is 117 Å². The normalized spacial score (nSPS) is 25.7. The molecular formula is C17H24N2. The van der Waals surface area contributed by atoms with E-state index in [0.717, 1.165) is 19.6 Å². The van der Waals surface area contributed by atoms with Gasteiger partial charge >= 0.3 is 0 Å². The Hall–Kier alpha value is -1.30. The number of hydrogen-bond acceptors (Lipinski definition) is 2. The minimum Gasteiger partial charge on any atom is -0.311 e. The lowest BCUT2D eigenvalue weighted by Gasteiger charge is -2.41. The minimum atomic E-state index is 0.401. The van der Waals surface area contributed by atoms with Gasteiger partial charge in [-0.05, 0) is 11.5 Å². The van der Waals surface area contributed by atoms with E-state index in [0.29, 0.717) is 18.0 Å². The third kappa shape index (κ3) is 3.37. The van der Waals surface area contributed by atoms with E-state index >= 15 is 0 Å². The van der Waals surface area contributed by atoms with E-state index in [1.165, 1.54) is 12.0 Å². The van der Waals surface area contributed by atoms with E-state index in [4.69, 9.17) is 6.42 Å². The lowest BCUT2D eigenvalue weighted by molar-refractivity contribution is 0.124. The highest BCUT2D eigenvalue weighted by Crippen LogP contribution is 2.25. The van der Waals surface area contributed by atoms with E-state index < -0.39 is 0 Å². The summed E-state index contributed by atoms with van der Waals surface area (Å²) < 4.78 is 0. The fourth-order valence-corrected chi connectivity index (χ4v) is 2.80. The van der Waals surface area contributed by atoms with Crippen molar-refractivity contribution in [2.24, 2.45) is 5.92 Å². The maximum Gasteiger partial charge on any atom is 0.0605 e. The van der Waals surface area contributed by atoms with Gasteiger partial charge in [0.15, 0.2) is 0 Å². The summed E-state index contributed by atoms with van der Waals surface area (Å²) >= 11 is 0. The lowest BCUT2D eigenvalue weighted by Crippen LogP contribution is -2.54. The molecule has 0 spiro atoms. The van der Waals surface area contributed by atoms with Crippen LogP contribution in [0.25, 0.3) is 0 Å². The number of nitrogens with zero attached hydrogens (tertiary/aromatic N) is 1. The molecule has 1 saturated heterocycles. The van der Waals surface area contributed by atoms with E-state index in [1.54, 1.807) is 0 Å². The number of piperazine rings is 1. The molecule has 3 atom stereocenters. The molecule has 1 aromatic rings. The summed E-state index contributed by atoms with van der Waals surface area (Å²) in [6.07, 6.45) is 6.75. The topological polar surface area (TPSA) is 15.3 Å². The molecule has 19 heavy (non-hydrogen) atoms. The summed E-state index contributed by atoms with van der Waals surface area (Å²) in [4.78, 5) is 2.43. The van der Waals surface area contributed by atoms with Crippen LogP contribution in [-0.4, -0.2) is 30.6 Å². The van der Waals surface area contributed by atoms with Crippen LogP contribution in [0.3, 0.4) is 0 Å². The SMILES string of the molecule is C#CCN1CC(C(C)CC)NCC1c1ccccc1. The maximum atomic E-state index is 5.54. The Morgan fingerprint density at radius 1 is 1.42 bits per heavy atom. The van der Waals surface area contributed by atoms with Crippen LogP contribution in [0.1, 0.15) is 31.9 Å². The van der Waals surface area contributed by atoms with Gasteiger partial charge in [-0.2, -0.15) is 0 Å². The zero-order valence-electron chi connectivity index (χ0n) is 12.0. The van der Waals surface area contributed by atoms with Gasteiger partial charge in [-0.3, -0.25) is 4.90 Å². The molecule has 0 aromatic heterocycles. The molecule has 2 heteroatoms. The molecule has 1 heterocycles. The molecule has 2 nitrogen and oxygen atoms in total. The van der Waals surface area contributed by atoms with Crippen molar-refractivity contribution in [2.45, 2.75) is 32.4 Å². The van der Waals surface area contributed by atoms with E-state index in [1.807, 2.05) is 0 Å². The Bertz CT molecular complexity index is 421. The molecule has 3 unspecified atom stereocenters. The monoisotopic (exact) mass is 256 g/mol. The second kappa shape index (κ2) is 6.75. The van der Waals surface area contributed by atoms with Crippen LogP contribution in [-0.2, 0) is 0 Å². The van der Waals surface area contributed by atoms with E-state index in [9.17, 15) is 0 Å². The quantitative estimate of drug-likeness (QED) is 0.833. The van der Waals surface area contributed by atoms with Crippen molar-refractivity contribution in [1.82, 2.24) is 10.2 Å². The van der Waals surface area contributed by atoms with E-state index in [2.05, 4.69) is 60.3 Å². The van der Waals surface area contributed by atoms with Crippen LogP contribution in [0.4, 0.5) is 0 Å². The second-order valence-electron chi connectivity index (χ2n) is 5.46. The third-order valence-corrected chi connectivity index (χ3v) is 4.25. The first-order valence-corrected chi connectivity index (χ1v) is 7.22. The molecule has 1 fully saturated rings. The van der Waals surface area contributed by atoms with Crippen LogP contribution in [0.15, 0.2) is 30.3 Å². The van der Waals surface area contributed by atoms with Gasteiger partial charge in [0, 0.05) is 25.2 Å². The lowest BCUT2D eigenvalue weighted by atomic mass is 9.93. The number of benzene rings is 1. The Morgan fingerprint density at radius 2 is 2.16 bits per heavy atom. The molecule has 1 aromatic carbocycles. The summed E-state index contributed by atoms with van der Waals surface area (Å²) in [5.74, 6) is 3.50. The summed E-state index contributed by atoms with van der Waals surface area (Å²) in [6.45, 7) is 7.32. The Morgan fingerprint density at radius 3 is 2.79 bits per heavy atom. The summed E-state index contributed by atoms with van der Waals surface area (Å²) in [7, 11) is 0. The Balaban J connectivity index is 2.11. The van der Waals surface area contributed by atoms with Crippen molar-refractivity contribution in [3.8, 4) is 12.3 Å². The maximum absolute atomic E-state index is 5.54. The van der Waals surface area contributed by atoms with Gasteiger partial charge in [0.05, 0.1) is 6.54 Å². The fourth-order valence-electron chi connectivity index (χ4n) is 2.80. The fraction of sp³-hybridized carbons (Fsp3) is 0.529. The molecular weight excluding hydrogens is 232 g/mol. The number of hydrogen-bond donors (Lipinski definition) is 1. The number of rotatable bonds is 4. The predicted octanol–water partition coefficient (Wildman–Crippen LogP) is 2.68. The zero-order chi connectivity index (χ0) is 13.7. The van der Waals surface area contributed by atoms with Crippen LogP contribution < -0.4 is 5.32 Å². The molecule has 0 radical (unpaired) electrons. The summed E-state index contributed by atoms with van der Waals surface area (Å²) in [6, 6.07) is 11.6. The van der Waals surface area contributed by atoms with Crippen molar-refractivity contribution >= 4 is 0 Å². The van der Waals surface area contributed by atoms with Gasteiger partial charge < -0.3 is 5.32 Å².